The van der Waals surface area contributed by atoms with E-state index in [0.29, 0.717) is 22.0 Å². The Kier molecular flexibility index (Phi) is 6.42. The quantitative estimate of drug-likeness (QED) is 0.593. The van der Waals surface area contributed by atoms with Crippen molar-refractivity contribution in [2.75, 3.05) is 6.61 Å². The lowest BCUT2D eigenvalue weighted by molar-refractivity contribution is -0.120. The number of ether oxygens (including phenoxy) is 3. The highest BCUT2D eigenvalue weighted by Crippen LogP contribution is 2.35. The van der Waals surface area contributed by atoms with Crippen molar-refractivity contribution in [2.45, 2.75) is 39.8 Å². The molecule has 10 heteroatoms. The van der Waals surface area contributed by atoms with Crippen LogP contribution in [0.1, 0.15) is 27.7 Å². The fourth-order valence-electron chi connectivity index (χ4n) is 2.45. The first-order valence-electron chi connectivity index (χ1n) is 9.02. The lowest BCUT2D eigenvalue weighted by Gasteiger charge is -2.21. The molecule has 0 unspecified atom stereocenters. The minimum absolute atomic E-state index is 0.0137. The van der Waals surface area contributed by atoms with Gasteiger partial charge in [0.2, 0.25) is 17.7 Å². The van der Waals surface area contributed by atoms with Crippen molar-refractivity contribution in [3.63, 3.8) is 0 Å². The van der Waals surface area contributed by atoms with E-state index < -0.39 is 5.82 Å². The van der Waals surface area contributed by atoms with Crippen LogP contribution >= 0.6 is 11.3 Å². The summed E-state index contributed by atoms with van der Waals surface area (Å²) in [6.45, 7) is 7.37. The van der Waals surface area contributed by atoms with Gasteiger partial charge in [-0.15, -0.1) is 0 Å². The van der Waals surface area contributed by atoms with Crippen LogP contribution in [-0.2, 0) is 4.79 Å². The summed E-state index contributed by atoms with van der Waals surface area (Å²) in [4.78, 5) is 23.6. The van der Waals surface area contributed by atoms with Gasteiger partial charge < -0.3 is 19.5 Å². The van der Waals surface area contributed by atoms with E-state index in [2.05, 4.69) is 20.3 Å². The Bertz CT molecular complexity index is 996. The van der Waals surface area contributed by atoms with Gasteiger partial charge in [-0.25, -0.2) is 19.3 Å². The van der Waals surface area contributed by atoms with Crippen molar-refractivity contribution in [3.05, 3.63) is 30.3 Å². The van der Waals surface area contributed by atoms with Crippen molar-refractivity contribution >= 4 is 27.5 Å². The van der Waals surface area contributed by atoms with Crippen LogP contribution in [-0.4, -0.2) is 39.6 Å². The topological polar surface area (TPSA) is 95.5 Å². The number of nitrogens with zero attached hydrogens (tertiary/aromatic N) is 3. The number of carbonyl (C=O) groups excluding carboxylic acids is 1. The van der Waals surface area contributed by atoms with Gasteiger partial charge in [0.05, 0.1) is 35.3 Å². The predicted molar refractivity (Wildman–Crippen MR) is 106 cm³/mol. The lowest BCUT2D eigenvalue weighted by atomic mass is 10.2. The molecule has 2 heterocycles. The molecule has 0 aliphatic carbocycles. The van der Waals surface area contributed by atoms with Crippen molar-refractivity contribution in [2.24, 2.45) is 0 Å². The maximum atomic E-state index is 14.7. The zero-order valence-electron chi connectivity index (χ0n) is 16.4. The molecule has 2 atom stereocenters. The van der Waals surface area contributed by atoms with Gasteiger partial charge in [-0.2, -0.15) is 0 Å². The smallest absolute Gasteiger partial charge is 0.274 e. The monoisotopic (exact) mass is 420 g/mol. The molecule has 0 aliphatic rings. The molecule has 2 aromatic heterocycles. The number of halogens is 1. The fourth-order valence-corrected chi connectivity index (χ4v) is 3.35. The number of aromatic nitrogens is 3. The summed E-state index contributed by atoms with van der Waals surface area (Å²) in [5.41, 5.74) is 0.500. The van der Waals surface area contributed by atoms with E-state index in [1.165, 1.54) is 25.4 Å². The van der Waals surface area contributed by atoms with Crippen LogP contribution in [0.4, 0.5) is 4.39 Å². The van der Waals surface area contributed by atoms with Gasteiger partial charge in [0.25, 0.3) is 5.19 Å². The maximum Gasteiger partial charge on any atom is 0.274 e. The first kappa shape index (κ1) is 20.7. The summed E-state index contributed by atoms with van der Waals surface area (Å²) >= 11 is 1.11. The van der Waals surface area contributed by atoms with E-state index >= 15 is 0 Å². The van der Waals surface area contributed by atoms with Gasteiger partial charge >= 0.3 is 0 Å². The molecular formula is C19H21FN4O4S. The maximum absolute atomic E-state index is 14.7. The predicted octanol–water partition coefficient (Wildman–Crippen LogP) is 3.71. The number of nitrogens with one attached hydrogen (secondary N) is 1. The highest BCUT2D eigenvalue weighted by atomic mass is 32.1. The molecule has 29 heavy (non-hydrogen) atoms. The van der Waals surface area contributed by atoms with E-state index in [4.69, 9.17) is 14.2 Å². The standard InChI is InChI=1S/C19H21FN4O4S/c1-5-26-19-24-13-6-7-14(17(20)18(13)29-19)28-16-9-21-15(8-22-16)27-11(3)10(2)23-12(4)25/h6-11H,5H2,1-4H3,(H,23,25)/t10-,11+/m0/s1. The number of rotatable bonds is 8. The minimum Gasteiger partial charge on any atom is -0.471 e. The average Bonchev–Trinajstić information content (AvgIpc) is 3.09. The molecule has 0 fully saturated rings. The Hall–Kier alpha value is -3.01. The fraction of sp³-hybridized carbons (Fsp3) is 0.368. The molecule has 8 nitrogen and oxygen atoms in total. The number of thiazole rings is 1. The highest BCUT2D eigenvalue weighted by Gasteiger charge is 2.17. The zero-order chi connectivity index (χ0) is 21.0. The number of hydrogen-bond acceptors (Lipinski definition) is 8. The second-order valence-electron chi connectivity index (χ2n) is 6.25. The Morgan fingerprint density at radius 3 is 2.62 bits per heavy atom. The van der Waals surface area contributed by atoms with Gasteiger partial charge in [0, 0.05) is 6.92 Å². The molecule has 0 spiro atoms. The third-order valence-electron chi connectivity index (χ3n) is 3.97. The zero-order valence-corrected chi connectivity index (χ0v) is 17.2. The molecular weight excluding hydrogens is 399 g/mol. The Balaban J connectivity index is 1.69. The number of amides is 1. The lowest BCUT2D eigenvalue weighted by Crippen LogP contribution is -2.41. The number of hydrogen-bond donors (Lipinski definition) is 1. The van der Waals surface area contributed by atoms with Crippen LogP contribution < -0.4 is 19.5 Å². The van der Waals surface area contributed by atoms with Gasteiger partial charge in [-0.1, -0.05) is 11.3 Å². The van der Waals surface area contributed by atoms with E-state index in [-0.39, 0.29) is 35.6 Å². The van der Waals surface area contributed by atoms with E-state index in [0.717, 1.165) is 11.3 Å². The van der Waals surface area contributed by atoms with Crippen LogP contribution in [0.25, 0.3) is 10.2 Å². The summed E-state index contributed by atoms with van der Waals surface area (Å²) in [5, 5.41) is 3.15. The van der Waals surface area contributed by atoms with Gasteiger partial charge in [-0.3, -0.25) is 4.79 Å². The third kappa shape index (κ3) is 5.08. The van der Waals surface area contributed by atoms with Gasteiger partial charge in [-0.05, 0) is 32.9 Å². The Morgan fingerprint density at radius 2 is 1.97 bits per heavy atom. The Labute approximate surface area is 171 Å². The molecule has 0 saturated heterocycles. The third-order valence-corrected chi connectivity index (χ3v) is 4.95. The molecule has 3 rings (SSSR count). The summed E-state index contributed by atoms with van der Waals surface area (Å²) in [7, 11) is 0. The first-order chi connectivity index (χ1) is 13.9. The van der Waals surface area contributed by atoms with Crippen LogP contribution in [0, 0.1) is 5.82 Å². The van der Waals surface area contributed by atoms with Crippen LogP contribution in [0.2, 0.25) is 0 Å². The first-order valence-corrected chi connectivity index (χ1v) is 9.84. The van der Waals surface area contributed by atoms with E-state index in [9.17, 15) is 9.18 Å². The van der Waals surface area contributed by atoms with E-state index in [1.54, 1.807) is 6.07 Å². The van der Waals surface area contributed by atoms with E-state index in [1.807, 2.05) is 20.8 Å². The average molecular weight is 420 g/mol. The van der Waals surface area contributed by atoms with Gasteiger partial charge in [0.15, 0.2) is 11.6 Å². The number of benzene rings is 1. The molecule has 154 valence electrons. The molecule has 0 bridgehead atoms. The van der Waals surface area contributed by atoms with Crippen molar-refractivity contribution in [1.29, 1.82) is 0 Å². The molecule has 0 radical (unpaired) electrons. The van der Waals surface area contributed by atoms with Crippen LogP contribution in [0.15, 0.2) is 24.5 Å². The van der Waals surface area contributed by atoms with Crippen molar-refractivity contribution in [1.82, 2.24) is 20.3 Å². The SMILES string of the molecule is CCOc1nc2ccc(Oc3cnc(O[C@H](C)[C@H](C)NC(C)=O)cn3)c(F)c2s1. The van der Waals surface area contributed by atoms with Crippen LogP contribution in [0.5, 0.6) is 22.7 Å². The molecule has 0 aliphatic heterocycles. The summed E-state index contributed by atoms with van der Waals surface area (Å²) in [6.07, 6.45) is 2.40. The molecule has 1 N–H and O–H groups in total. The molecule has 1 aromatic carbocycles. The number of fused-ring (bicyclic) bond motifs is 1. The summed E-state index contributed by atoms with van der Waals surface area (Å²) < 4.78 is 31.6. The summed E-state index contributed by atoms with van der Waals surface area (Å²) in [6, 6.07) is 2.94. The number of carbonyl (C=O) groups is 1. The molecule has 0 saturated carbocycles. The second kappa shape index (κ2) is 8.99. The van der Waals surface area contributed by atoms with Crippen molar-refractivity contribution < 1.29 is 23.4 Å². The van der Waals surface area contributed by atoms with Crippen molar-refractivity contribution in [3.8, 4) is 22.7 Å². The molecule has 1 amide bonds. The largest absolute Gasteiger partial charge is 0.471 e. The highest BCUT2D eigenvalue weighted by molar-refractivity contribution is 7.20. The second-order valence-corrected chi connectivity index (χ2v) is 7.21. The van der Waals surface area contributed by atoms with Crippen LogP contribution in [0.3, 0.4) is 0 Å². The van der Waals surface area contributed by atoms with Gasteiger partial charge in [0.1, 0.15) is 6.10 Å². The summed E-state index contributed by atoms with van der Waals surface area (Å²) in [5.74, 6) is -0.281. The minimum atomic E-state index is -0.536. The molecule has 3 aromatic rings. The normalized spacial score (nSPS) is 13.0. The Morgan fingerprint density at radius 1 is 1.24 bits per heavy atom.